The lowest BCUT2D eigenvalue weighted by molar-refractivity contribution is 0.265. The van der Waals surface area contributed by atoms with Gasteiger partial charge in [-0.2, -0.15) is 5.26 Å². The van der Waals surface area contributed by atoms with Crippen molar-refractivity contribution < 1.29 is 5.11 Å². The summed E-state index contributed by atoms with van der Waals surface area (Å²) in [6.45, 7) is 2.84. The van der Waals surface area contributed by atoms with Crippen molar-refractivity contribution in [2.75, 3.05) is 0 Å². The number of aliphatic hydroxyl groups is 1. The smallest absolute Gasteiger partial charge is 0.135 e. The molecule has 4 nitrogen and oxygen atoms in total. The zero-order valence-electron chi connectivity index (χ0n) is 9.14. The van der Waals surface area contributed by atoms with Crippen LogP contribution in [0.15, 0.2) is 18.2 Å². The van der Waals surface area contributed by atoms with Crippen LogP contribution in [-0.2, 0) is 13.2 Å². The lowest BCUT2D eigenvalue weighted by Gasteiger charge is -2.04. The van der Waals surface area contributed by atoms with Gasteiger partial charge in [0.1, 0.15) is 12.4 Å². The van der Waals surface area contributed by atoms with Crippen LogP contribution in [0.3, 0.4) is 0 Å². The second-order valence-electron chi connectivity index (χ2n) is 3.65. The Bertz CT molecular complexity index is 551. The third-order valence-corrected chi connectivity index (χ3v) is 2.55. The number of imidazole rings is 1. The Labute approximate surface area is 93.8 Å². The topological polar surface area (TPSA) is 61.8 Å². The third-order valence-electron chi connectivity index (χ3n) is 2.55. The normalized spacial score (nSPS) is 10.6. The van der Waals surface area contributed by atoms with E-state index < -0.39 is 0 Å². The van der Waals surface area contributed by atoms with Crippen LogP contribution in [0.2, 0.25) is 0 Å². The van der Waals surface area contributed by atoms with E-state index in [1.54, 1.807) is 12.1 Å². The van der Waals surface area contributed by atoms with Crippen molar-refractivity contribution in [1.82, 2.24) is 9.55 Å². The molecule has 0 spiro atoms. The van der Waals surface area contributed by atoms with E-state index in [4.69, 9.17) is 5.26 Å². The fourth-order valence-corrected chi connectivity index (χ4v) is 1.84. The molecule has 1 aromatic heterocycles. The molecule has 4 heteroatoms. The first-order valence-electron chi connectivity index (χ1n) is 5.30. The summed E-state index contributed by atoms with van der Waals surface area (Å²) in [7, 11) is 0. The largest absolute Gasteiger partial charge is 0.388 e. The maximum atomic E-state index is 9.22. The van der Waals surface area contributed by atoms with E-state index in [0.29, 0.717) is 11.4 Å². The molecule has 0 atom stereocenters. The van der Waals surface area contributed by atoms with Crippen molar-refractivity contribution in [3.05, 3.63) is 29.6 Å². The lowest BCUT2D eigenvalue weighted by atomic mass is 10.2. The molecule has 0 radical (unpaired) electrons. The van der Waals surface area contributed by atoms with Crippen molar-refractivity contribution >= 4 is 11.0 Å². The minimum atomic E-state index is -0.0729. The van der Waals surface area contributed by atoms with Crippen LogP contribution < -0.4 is 0 Å². The van der Waals surface area contributed by atoms with Crippen LogP contribution in [0.5, 0.6) is 0 Å². The van der Waals surface area contributed by atoms with E-state index in [1.165, 1.54) is 0 Å². The van der Waals surface area contributed by atoms with Crippen molar-refractivity contribution in [3.8, 4) is 6.07 Å². The highest BCUT2D eigenvalue weighted by molar-refractivity contribution is 5.77. The zero-order chi connectivity index (χ0) is 11.5. The first-order valence-corrected chi connectivity index (χ1v) is 5.30. The number of benzene rings is 1. The maximum absolute atomic E-state index is 9.22. The van der Waals surface area contributed by atoms with E-state index in [2.05, 4.69) is 18.0 Å². The quantitative estimate of drug-likeness (QED) is 0.849. The number of aromatic nitrogens is 2. The lowest BCUT2D eigenvalue weighted by Crippen LogP contribution is -2.02. The minimum Gasteiger partial charge on any atom is -0.388 e. The number of rotatable bonds is 3. The van der Waals surface area contributed by atoms with E-state index >= 15 is 0 Å². The summed E-state index contributed by atoms with van der Waals surface area (Å²) in [6.07, 6.45) is 0.985. The Morgan fingerprint density at radius 2 is 2.31 bits per heavy atom. The molecule has 2 aromatic rings. The Hall–Kier alpha value is -1.86. The van der Waals surface area contributed by atoms with Crippen LogP contribution in [0.1, 0.15) is 24.7 Å². The van der Waals surface area contributed by atoms with Crippen molar-refractivity contribution in [2.24, 2.45) is 0 Å². The molecular weight excluding hydrogens is 202 g/mol. The molecule has 1 heterocycles. The molecule has 2 rings (SSSR count). The Kier molecular flexibility index (Phi) is 2.88. The summed E-state index contributed by atoms with van der Waals surface area (Å²) in [5.41, 5.74) is 2.35. The van der Waals surface area contributed by atoms with E-state index in [-0.39, 0.29) is 6.61 Å². The Morgan fingerprint density at radius 1 is 1.50 bits per heavy atom. The van der Waals surface area contributed by atoms with Gasteiger partial charge < -0.3 is 9.67 Å². The molecule has 1 N–H and O–H groups in total. The summed E-state index contributed by atoms with van der Waals surface area (Å²) in [5, 5.41) is 18.0. The summed E-state index contributed by atoms with van der Waals surface area (Å²) in [5.74, 6) is 0.659. The predicted molar refractivity (Wildman–Crippen MR) is 60.7 cm³/mol. The molecule has 82 valence electrons. The van der Waals surface area contributed by atoms with Crippen LogP contribution in [0.4, 0.5) is 0 Å². The summed E-state index contributed by atoms with van der Waals surface area (Å²) in [6, 6.07) is 7.50. The van der Waals surface area contributed by atoms with Crippen molar-refractivity contribution in [2.45, 2.75) is 26.5 Å². The van der Waals surface area contributed by atoms with Crippen molar-refractivity contribution in [1.29, 1.82) is 5.26 Å². The predicted octanol–water partition coefficient (Wildman–Crippen LogP) is 1.81. The van der Waals surface area contributed by atoms with E-state index in [9.17, 15) is 5.11 Å². The number of fused-ring (bicyclic) bond motifs is 1. The molecule has 1 aromatic carbocycles. The summed E-state index contributed by atoms with van der Waals surface area (Å²) in [4.78, 5) is 4.32. The van der Waals surface area contributed by atoms with Gasteiger partial charge >= 0.3 is 0 Å². The first kappa shape index (κ1) is 10.7. The molecule has 0 amide bonds. The summed E-state index contributed by atoms with van der Waals surface area (Å²) < 4.78 is 2.00. The third kappa shape index (κ3) is 1.66. The van der Waals surface area contributed by atoms with Crippen molar-refractivity contribution in [3.63, 3.8) is 0 Å². The average Bonchev–Trinajstić information content (AvgIpc) is 2.67. The average molecular weight is 215 g/mol. The monoisotopic (exact) mass is 215 g/mol. The SMILES string of the molecule is CCCn1c(CO)nc2cc(C#N)ccc21. The van der Waals surface area contributed by atoms with Gasteiger partial charge in [-0.3, -0.25) is 0 Å². The first-order chi connectivity index (χ1) is 7.80. The maximum Gasteiger partial charge on any atom is 0.135 e. The molecule has 0 aliphatic heterocycles. The molecule has 0 aliphatic carbocycles. The van der Waals surface area contributed by atoms with E-state index in [0.717, 1.165) is 24.0 Å². The molecule has 0 fully saturated rings. The van der Waals surface area contributed by atoms with Crippen LogP contribution in [-0.4, -0.2) is 14.7 Å². The van der Waals surface area contributed by atoms with Crippen LogP contribution in [0, 0.1) is 11.3 Å². The highest BCUT2D eigenvalue weighted by Gasteiger charge is 2.09. The number of hydrogen-bond acceptors (Lipinski definition) is 3. The second kappa shape index (κ2) is 4.33. The number of aliphatic hydroxyl groups excluding tert-OH is 1. The van der Waals surface area contributed by atoms with E-state index in [1.807, 2.05) is 10.6 Å². The van der Waals surface area contributed by atoms with Gasteiger partial charge in [-0.05, 0) is 24.6 Å². The van der Waals surface area contributed by atoms with Crippen LogP contribution >= 0.6 is 0 Å². The molecule has 0 saturated carbocycles. The molecular formula is C12H13N3O. The van der Waals surface area contributed by atoms with Gasteiger partial charge in [-0.1, -0.05) is 6.92 Å². The number of nitrogens with zero attached hydrogens (tertiary/aromatic N) is 3. The summed E-state index contributed by atoms with van der Waals surface area (Å²) >= 11 is 0. The van der Waals surface area contributed by atoms with Crippen LogP contribution in [0.25, 0.3) is 11.0 Å². The molecule has 0 bridgehead atoms. The minimum absolute atomic E-state index is 0.0729. The molecule has 0 saturated heterocycles. The molecule has 0 unspecified atom stereocenters. The van der Waals surface area contributed by atoms with Gasteiger partial charge in [0.05, 0.1) is 22.7 Å². The van der Waals surface area contributed by atoms with Gasteiger partial charge in [0, 0.05) is 6.54 Å². The number of hydrogen-bond donors (Lipinski definition) is 1. The fraction of sp³-hybridized carbons (Fsp3) is 0.333. The Morgan fingerprint density at radius 3 is 2.94 bits per heavy atom. The van der Waals surface area contributed by atoms with Gasteiger partial charge in [0.15, 0.2) is 0 Å². The molecule has 16 heavy (non-hydrogen) atoms. The Balaban J connectivity index is 2.63. The number of aryl methyl sites for hydroxylation is 1. The second-order valence-corrected chi connectivity index (χ2v) is 3.65. The number of nitriles is 1. The van der Waals surface area contributed by atoms with Gasteiger partial charge in [0.25, 0.3) is 0 Å². The molecule has 0 aliphatic rings. The van der Waals surface area contributed by atoms with Gasteiger partial charge in [-0.15, -0.1) is 0 Å². The fourth-order valence-electron chi connectivity index (χ4n) is 1.84. The van der Waals surface area contributed by atoms with Gasteiger partial charge in [0.2, 0.25) is 0 Å². The highest BCUT2D eigenvalue weighted by Crippen LogP contribution is 2.18. The standard InChI is InChI=1S/C12H13N3O/c1-2-5-15-11-4-3-9(7-13)6-10(11)14-12(15)8-16/h3-4,6,16H,2,5,8H2,1H3. The van der Waals surface area contributed by atoms with Gasteiger partial charge in [-0.25, -0.2) is 4.98 Å². The highest BCUT2D eigenvalue weighted by atomic mass is 16.3. The zero-order valence-corrected chi connectivity index (χ0v) is 9.14.